The Bertz CT molecular complexity index is 781. The molecule has 9 heteroatoms. The van der Waals surface area contributed by atoms with Crippen LogP contribution >= 0.6 is 0 Å². The molecule has 0 aliphatic rings. The molecular formula is C18H26N2O6S. The fraction of sp³-hybridized carbons (Fsp3) is 0.444. The average molecular weight is 398 g/mol. The van der Waals surface area contributed by atoms with Gasteiger partial charge >= 0.3 is 6.09 Å². The van der Waals surface area contributed by atoms with Gasteiger partial charge in [0.15, 0.2) is 0 Å². The van der Waals surface area contributed by atoms with Crippen molar-refractivity contribution in [1.29, 1.82) is 0 Å². The number of nitrogens with one attached hydrogen (secondary N) is 2. The molecular weight excluding hydrogens is 372 g/mol. The van der Waals surface area contributed by atoms with Crippen LogP contribution < -0.4 is 10.6 Å². The number of carbonyl (C=O) groups is 2. The maximum absolute atomic E-state index is 12.0. The maximum Gasteiger partial charge on any atom is 0.412 e. The third-order valence-corrected chi connectivity index (χ3v) is 3.48. The van der Waals surface area contributed by atoms with Crippen LogP contribution in [0.1, 0.15) is 33.6 Å². The standard InChI is InChI=1S/C18H26N2O6S/c1-18(2,3)26-17(22)20-15-11-8-7-10-14(15)19-16(21)12-6-5-9-13-25-27(4,23)24/h5-8,10-11H,9,12-13H2,1-4H3,(H,19,21)(H,20,22). The lowest BCUT2D eigenvalue weighted by Crippen LogP contribution is -2.27. The second kappa shape index (κ2) is 10.1. The number of benzene rings is 1. The van der Waals surface area contributed by atoms with Gasteiger partial charge in [-0.3, -0.25) is 14.3 Å². The van der Waals surface area contributed by atoms with E-state index in [-0.39, 0.29) is 18.9 Å². The summed E-state index contributed by atoms with van der Waals surface area (Å²) in [4.78, 5) is 23.9. The molecule has 0 aliphatic carbocycles. The topological polar surface area (TPSA) is 111 Å². The zero-order valence-electron chi connectivity index (χ0n) is 15.9. The van der Waals surface area contributed by atoms with Crippen molar-refractivity contribution in [3.05, 3.63) is 36.4 Å². The summed E-state index contributed by atoms with van der Waals surface area (Å²) in [5, 5.41) is 5.31. The van der Waals surface area contributed by atoms with Crippen LogP contribution in [0.25, 0.3) is 0 Å². The minimum atomic E-state index is -3.45. The molecule has 2 amide bonds. The Morgan fingerprint density at radius 3 is 2.22 bits per heavy atom. The molecule has 0 spiro atoms. The fourth-order valence-corrected chi connectivity index (χ4v) is 2.29. The van der Waals surface area contributed by atoms with Crippen molar-refractivity contribution in [2.45, 2.75) is 39.2 Å². The summed E-state index contributed by atoms with van der Waals surface area (Å²) in [5.41, 5.74) is 0.237. The summed E-state index contributed by atoms with van der Waals surface area (Å²) >= 11 is 0. The van der Waals surface area contributed by atoms with Gasteiger partial charge in [0.05, 0.1) is 24.2 Å². The molecule has 2 N–H and O–H groups in total. The van der Waals surface area contributed by atoms with Crippen molar-refractivity contribution in [2.75, 3.05) is 23.5 Å². The summed E-state index contributed by atoms with van der Waals surface area (Å²) < 4.78 is 31.4. The van der Waals surface area contributed by atoms with Crippen LogP contribution in [0.5, 0.6) is 0 Å². The van der Waals surface area contributed by atoms with E-state index in [0.717, 1.165) is 6.26 Å². The van der Waals surface area contributed by atoms with Crippen LogP contribution in [0.3, 0.4) is 0 Å². The first-order valence-corrected chi connectivity index (χ1v) is 10.2. The molecule has 0 bridgehead atoms. The molecule has 0 radical (unpaired) electrons. The van der Waals surface area contributed by atoms with Gasteiger partial charge in [0, 0.05) is 6.42 Å². The van der Waals surface area contributed by atoms with Gasteiger partial charge in [0.25, 0.3) is 10.1 Å². The molecule has 27 heavy (non-hydrogen) atoms. The van der Waals surface area contributed by atoms with Gasteiger partial charge in [-0.05, 0) is 39.3 Å². The lowest BCUT2D eigenvalue weighted by molar-refractivity contribution is -0.115. The monoisotopic (exact) mass is 398 g/mol. The van der Waals surface area contributed by atoms with Crippen molar-refractivity contribution in [3.8, 4) is 0 Å². The molecule has 0 aromatic heterocycles. The van der Waals surface area contributed by atoms with E-state index in [9.17, 15) is 18.0 Å². The van der Waals surface area contributed by atoms with Crippen LogP contribution in [-0.4, -0.2) is 38.9 Å². The molecule has 0 fully saturated rings. The van der Waals surface area contributed by atoms with Gasteiger partial charge in [-0.25, -0.2) is 4.79 Å². The van der Waals surface area contributed by atoms with Crippen molar-refractivity contribution in [2.24, 2.45) is 0 Å². The number of rotatable bonds is 8. The number of hydrogen-bond acceptors (Lipinski definition) is 6. The smallest absolute Gasteiger partial charge is 0.412 e. The molecule has 1 aromatic carbocycles. The molecule has 0 saturated carbocycles. The Hall–Kier alpha value is -2.39. The zero-order chi connectivity index (χ0) is 20.5. The number of para-hydroxylation sites is 2. The minimum Gasteiger partial charge on any atom is -0.444 e. The highest BCUT2D eigenvalue weighted by Crippen LogP contribution is 2.22. The molecule has 0 heterocycles. The van der Waals surface area contributed by atoms with Gasteiger partial charge in [-0.15, -0.1) is 0 Å². The van der Waals surface area contributed by atoms with E-state index < -0.39 is 21.8 Å². The van der Waals surface area contributed by atoms with Gasteiger partial charge < -0.3 is 10.1 Å². The van der Waals surface area contributed by atoms with Gasteiger partial charge in [-0.1, -0.05) is 24.3 Å². The highest BCUT2D eigenvalue weighted by Gasteiger charge is 2.17. The summed E-state index contributed by atoms with van der Waals surface area (Å²) in [7, 11) is -3.45. The predicted molar refractivity (Wildman–Crippen MR) is 104 cm³/mol. The SMILES string of the molecule is CC(C)(C)OC(=O)Nc1ccccc1NC(=O)CC=CCCOS(C)(=O)=O. The van der Waals surface area contributed by atoms with Crippen molar-refractivity contribution >= 4 is 33.5 Å². The van der Waals surface area contributed by atoms with Gasteiger partial charge in [0.1, 0.15) is 5.60 Å². The van der Waals surface area contributed by atoms with Crippen LogP contribution in [0, 0.1) is 0 Å². The highest BCUT2D eigenvalue weighted by molar-refractivity contribution is 7.85. The van der Waals surface area contributed by atoms with E-state index >= 15 is 0 Å². The van der Waals surface area contributed by atoms with Crippen LogP contribution in [-0.2, 0) is 23.8 Å². The fourth-order valence-electron chi connectivity index (χ4n) is 1.89. The largest absolute Gasteiger partial charge is 0.444 e. The van der Waals surface area contributed by atoms with E-state index in [0.29, 0.717) is 17.8 Å². The van der Waals surface area contributed by atoms with E-state index in [1.165, 1.54) is 0 Å². The molecule has 0 atom stereocenters. The number of amides is 2. The molecule has 1 aromatic rings. The van der Waals surface area contributed by atoms with E-state index in [2.05, 4.69) is 14.8 Å². The highest BCUT2D eigenvalue weighted by atomic mass is 32.2. The summed E-state index contributed by atoms with van der Waals surface area (Å²) in [6, 6.07) is 6.77. The quantitative estimate of drug-likeness (QED) is 0.395. The number of carbonyl (C=O) groups excluding carboxylic acids is 2. The Labute approximate surface area is 160 Å². The first kappa shape index (κ1) is 22.7. The zero-order valence-corrected chi connectivity index (χ0v) is 16.8. The molecule has 8 nitrogen and oxygen atoms in total. The Morgan fingerprint density at radius 1 is 1.07 bits per heavy atom. The Kier molecular flexibility index (Phi) is 8.45. The number of anilines is 2. The summed E-state index contributed by atoms with van der Waals surface area (Å²) in [5.74, 6) is -0.284. The first-order chi connectivity index (χ1) is 12.5. The molecule has 0 saturated heterocycles. The molecule has 0 aliphatic heterocycles. The second-order valence-electron chi connectivity index (χ2n) is 6.71. The molecule has 150 valence electrons. The Morgan fingerprint density at radius 2 is 1.67 bits per heavy atom. The van der Waals surface area contributed by atoms with Crippen molar-refractivity contribution in [3.63, 3.8) is 0 Å². The number of hydrogen-bond donors (Lipinski definition) is 2. The average Bonchev–Trinajstić information content (AvgIpc) is 2.49. The van der Waals surface area contributed by atoms with E-state index in [4.69, 9.17) is 4.74 Å². The Balaban J connectivity index is 2.54. The van der Waals surface area contributed by atoms with Crippen molar-refractivity contribution < 1.29 is 26.9 Å². The second-order valence-corrected chi connectivity index (χ2v) is 8.35. The molecule has 0 unspecified atom stereocenters. The summed E-state index contributed by atoms with van der Waals surface area (Å²) in [6.45, 7) is 5.30. The normalized spacial score (nSPS) is 12.0. The lowest BCUT2D eigenvalue weighted by Gasteiger charge is -2.20. The number of ether oxygens (including phenoxy) is 1. The third-order valence-electron chi connectivity index (χ3n) is 2.89. The maximum atomic E-state index is 12.0. The lowest BCUT2D eigenvalue weighted by atomic mass is 10.2. The third kappa shape index (κ3) is 11.0. The van der Waals surface area contributed by atoms with Crippen LogP contribution in [0.4, 0.5) is 16.2 Å². The van der Waals surface area contributed by atoms with E-state index in [1.54, 1.807) is 57.2 Å². The summed E-state index contributed by atoms with van der Waals surface area (Å²) in [6.07, 6.45) is 4.11. The van der Waals surface area contributed by atoms with Gasteiger partial charge in [-0.2, -0.15) is 8.42 Å². The van der Waals surface area contributed by atoms with Gasteiger partial charge in [0.2, 0.25) is 5.91 Å². The minimum absolute atomic E-state index is 0.0274. The predicted octanol–water partition coefficient (Wildman–Crippen LogP) is 3.28. The molecule has 1 rings (SSSR count). The van der Waals surface area contributed by atoms with Crippen LogP contribution in [0.15, 0.2) is 36.4 Å². The first-order valence-electron chi connectivity index (χ1n) is 8.34. The van der Waals surface area contributed by atoms with Crippen LogP contribution in [0.2, 0.25) is 0 Å². The van der Waals surface area contributed by atoms with Crippen molar-refractivity contribution in [1.82, 2.24) is 0 Å². The van der Waals surface area contributed by atoms with E-state index in [1.807, 2.05) is 0 Å².